The van der Waals surface area contributed by atoms with Crippen molar-refractivity contribution in [2.75, 3.05) is 18.1 Å². The quantitative estimate of drug-likeness (QED) is 0.729. The number of carbonyl (C=O) groups excluding carboxylic acids is 1. The summed E-state index contributed by atoms with van der Waals surface area (Å²) in [6.07, 6.45) is 5.47. The van der Waals surface area contributed by atoms with Gasteiger partial charge in [-0.3, -0.25) is 4.79 Å². The lowest BCUT2D eigenvalue weighted by atomic mass is 10.1. The number of anilines is 1. The molecule has 3 rings (SSSR count). The molecule has 0 spiro atoms. The molecule has 0 saturated heterocycles. The minimum atomic E-state index is 0.0895. The van der Waals surface area contributed by atoms with E-state index in [-0.39, 0.29) is 5.91 Å². The Labute approximate surface area is 141 Å². The van der Waals surface area contributed by atoms with Crippen LogP contribution in [0, 0.1) is 0 Å². The molecule has 1 aliphatic rings. The van der Waals surface area contributed by atoms with Gasteiger partial charge in [0.15, 0.2) is 0 Å². The Morgan fingerprint density at radius 1 is 1.22 bits per heavy atom. The van der Waals surface area contributed by atoms with E-state index in [0.29, 0.717) is 0 Å². The highest BCUT2D eigenvalue weighted by Crippen LogP contribution is 2.32. The number of benzene rings is 1. The molecule has 0 bridgehead atoms. The maximum absolute atomic E-state index is 12.9. The van der Waals surface area contributed by atoms with E-state index in [4.69, 9.17) is 4.74 Å². The fourth-order valence-electron chi connectivity index (χ4n) is 2.83. The summed E-state index contributed by atoms with van der Waals surface area (Å²) in [7, 11) is 0. The first-order chi connectivity index (χ1) is 11.3. The van der Waals surface area contributed by atoms with Gasteiger partial charge in [-0.25, -0.2) is 0 Å². The minimum Gasteiger partial charge on any atom is -0.494 e. The Morgan fingerprint density at radius 2 is 2.04 bits per heavy atom. The molecule has 0 radical (unpaired) electrons. The molecular weight excluding hydrogens is 306 g/mol. The van der Waals surface area contributed by atoms with E-state index in [1.165, 1.54) is 4.88 Å². The average molecular weight is 329 g/mol. The van der Waals surface area contributed by atoms with E-state index in [2.05, 4.69) is 18.4 Å². The third kappa shape index (κ3) is 3.75. The predicted molar refractivity (Wildman–Crippen MR) is 95.8 cm³/mol. The third-order valence-corrected chi connectivity index (χ3v) is 5.13. The third-order valence-electron chi connectivity index (χ3n) is 4.16. The molecule has 2 heterocycles. The summed E-state index contributed by atoms with van der Waals surface area (Å²) in [5.74, 6) is 0.925. The summed E-state index contributed by atoms with van der Waals surface area (Å²) in [5.41, 5.74) is 1.83. The van der Waals surface area contributed by atoms with Crippen LogP contribution in [0.3, 0.4) is 0 Å². The van der Waals surface area contributed by atoms with Gasteiger partial charge in [0.2, 0.25) is 0 Å². The zero-order chi connectivity index (χ0) is 16.1. The van der Waals surface area contributed by atoms with Crippen LogP contribution < -0.4 is 9.64 Å². The maximum atomic E-state index is 12.9. The molecule has 1 aliphatic heterocycles. The fourth-order valence-corrected chi connectivity index (χ4v) is 3.75. The molecule has 0 N–H and O–H groups in total. The molecule has 0 aliphatic carbocycles. The second-order valence-electron chi connectivity index (χ2n) is 5.87. The SMILES string of the molecule is CCCCOc1ccc(C(=O)N2CCCCc3sccc32)cc1. The van der Waals surface area contributed by atoms with Crippen molar-refractivity contribution in [3.05, 3.63) is 46.2 Å². The molecular formula is C19H23NO2S. The van der Waals surface area contributed by atoms with Gasteiger partial charge in [-0.15, -0.1) is 11.3 Å². The van der Waals surface area contributed by atoms with Crippen LogP contribution in [-0.2, 0) is 6.42 Å². The molecule has 1 aromatic carbocycles. The van der Waals surface area contributed by atoms with Gasteiger partial charge in [0, 0.05) is 17.0 Å². The highest BCUT2D eigenvalue weighted by molar-refractivity contribution is 7.10. The Kier molecular flexibility index (Phi) is 5.34. The topological polar surface area (TPSA) is 29.5 Å². The van der Waals surface area contributed by atoms with Crippen LogP contribution in [0.1, 0.15) is 47.8 Å². The van der Waals surface area contributed by atoms with E-state index in [1.54, 1.807) is 11.3 Å². The van der Waals surface area contributed by atoms with E-state index in [9.17, 15) is 4.79 Å². The van der Waals surface area contributed by atoms with Gasteiger partial charge in [-0.1, -0.05) is 13.3 Å². The largest absolute Gasteiger partial charge is 0.494 e. The second kappa shape index (κ2) is 7.64. The van der Waals surface area contributed by atoms with Gasteiger partial charge in [0.25, 0.3) is 5.91 Å². The average Bonchev–Trinajstić information content (AvgIpc) is 2.95. The molecule has 122 valence electrons. The molecule has 0 fully saturated rings. The smallest absolute Gasteiger partial charge is 0.258 e. The second-order valence-corrected chi connectivity index (χ2v) is 6.87. The lowest BCUT2D eigenvalue weighted by molar-refractivity contribution is 0.0987. The summed E-state index contributed by atoms with van der Waals surface area (Å²) >= 11 is 1.75. The van der Waals surface area contributed by atoms with Crippen molar-refractivity contribution in [1.29, 1.82) is 0 Å². The highest BCUT2D eigenvalue weighted by atomic mass is 32.1. The summed E-state index contributed by atoms with van der Waals surface area (Å²) in [6, 6.07) is 9.62. The first kappa shape index (κ1) is 16.1. The van der Waals surface area contributed by atoms with Gasteiger partial charge in [-0.05, 0) is 61.4 Å². The first-order valence-corrected chi connectivity index (χ1v) is 9.28. The fraction of sp³-hybridized carbons (Fsp3) is 0.421. The predicted octanol–water partition coefficient (Wildman–Crippen LogP) is 4.91. The summed E-state index contributed by atoms with van der Waals surface area (Å²) in [6.45, 7) is 3.68. The number of aryl methyl sites for hydroxylation is 1. The number of carbonyl (C=O) groups is 1. The molecule has 0 saturated carbocycles. The molecule has 23 heavy (non-hydrogen) atoms. The minimum absolute atomic E-state index is 0.0895. The number of nitrogens with zero attached hydrogens (tertiary/aromatic N) is 1. The van der Waals surface area contributed by atoms with Crippen molar-refractivity contribution in [2.24, 2.45) is 0 Å². The van der Waals surface area contributed by atoms with Crippen molar-refractivity contribution < 1.29 is 9.53 Å². The Bertz CT molecular complexity index is 648. The number of unbranched alkanes of at least 4 members (excludes halogenated alkanes) is 1. The molecule has 0 atom stereocenters. The Balaban J connectivity index is 1.73. The van der Waals surface area contributed by atoms with Gasteiger partial charge >= 0.3 is 0 Å². The molecule has 1 aromatic heterocycles. The number of hydrogen-bond donors (Lipinski definition) is 0. The molecule has 1 amide bonds. The number of thiophene rings is 1. The number of ether oxygens (including phenoxy) is 1. The van der Waals surface area contributed by atoms with Crippen molar-refractivity contribution >= 4 is 22.9 Å². The number of hydrogen-bond acceptors (Lipinski definition) is 3. The van der Waals surface area contributed by atoms with Crippen molar-refractivity contribution in [3.63, 3.8) is 0 Å². The monoisotopic (exact) mass is 329 g/mol. The van der Waals surface area contributed by atoms with Gasteiger partial charge < -0.3 is 9.64 Å². The van der Waals surface area contributed by atoms with Gasteiger partial charge in [0.05, 0.1) is 12.3 Å². The first-order valence-electron chi connectivity index (χ1n) is 8.40. The summed E-state index contributed by atoms with van der Waals surface area (Å²) in [4.78, 5) is 16.1. The number of amides is 1. The normalized spacial score (nSPS) is 14.2. The lowest BCUT2D eigenvalue weighted by Crippen LogP contribution is -2.31. The molecule has 4 heteroatoms. The van der Waals surface area contributed by atoms with Crippen LogP contribution in [-0.4, -0.2) is 19.1 Å². The van der Waals surface area contributed by atoms with Gasteiger partial charge in [0.1, 0.15) is 5.75 Å². The van der Waals surface area contributed by atoms with Crippen LogP contribution in [0.4, 0.5) is 5.69 Å². The van der Waals surface area contributed by atoms with Crippen LogP contribution >= 0.6 is 11.3 Å². The van der Waals surface area contributed by atoms with E-state index >= 15 is 0 Å². The standard InChI is InChI=1S/C19H23NO2S/c1-2-3-13-22-16-9-7-15(8-10-16)19(21)20-12-5-4-6-18-17(20)11-14-23-18/h7-11,14H,2-6,12-13H2,1H3. The van der Waals surface area contributed by atoms with Crippen molar-refractivity contribution in [2.45, 2.75) is 39.0 Å². The molecule has 0 unspecified atom stereocenters. The number of rotatable bonds is 5. The molecule has 3 nitrogen and oxygen atoms in total. The van der Waals surface area contributed by atoms with Crippen LogP contribution in [0.2, 0.25) is 0 Å². The maximum Gasteiger partial charge on any atom is 0.258 e. The van der Waals surface area contributed by atoms with Crippen molar-refractivity contribution in [1.82, 2.24) is 0 Å². The number of fused-ring (bicyclic) bond motifs is 1. The van der Waals surface area contributed by atoms with Crippen LogP contribution in [0.25, 0.3) is 0 Å². The zero-order valence-corrected chi connectivity index (χ0v) is 14.4. The summed E-state index contributed by atoms with van der Waals surface area (Å²) < 4.78 is 5.67. The van der Waals surface area contributed by atoms with Crippen LogP contribution in [0.5, 0.6) is 5.75 Å². The van der Waals surface area contributed by atoms with Crippen molar-refractivity contribution in [3.8, 4) is 5.75 Å². The van der Waals surface area contributed by atoms with Crippen LogP contribution in [0.15, 0.2) is 35.7 Å². The molecule has 2 aromatic rings. The lowest BCUT2D eigenvalue weighted by Gasteiger charge is -2.21. The van der Waals surface area contributed by atoms with E-state index in [0.717, 1.165) is 62.3 Å². The van der Waals surface area contributed by atoms with Gasteiger partial charge in [-0.2, -0.15) is 0 Å². The Morgan fingerprint density at radius 3 is 2.83 bits per heavy atom. The summed E-state index contributed by atoms with van der Waals surface area (Å²) in [5, 5.41) is 2.08. The highest BCUT2D eigenvalue weighted by Gasteiger charge is 2.23. The zero-order valence-electron chi connectivity index (χ0n) is 13.6. The van der Waals surface area contributed by atoms with E-state index < -0.39 is 0 Å². The van der Waals surface area contributed by atoms with E-state index in [1.807, 2.05) is 29.2 Å². The Hall–Kier alpha value is -1.81.